The first-order chi connectivity index (χ1) is 11.7. The number of aliphatic hydroxyl groups excluding tert-OH is 1. The Balaban J connectivity index is 1.59. The molecule has 0 bridgehead atoms. The minimum Gasteiger partial charge on any atom is -0.396 e. The standard InChI is InChI=1S/C19H28ClFN2O/c20-19-9-18(21)6-5-15(19)10-23-12-16(17(13-23)14-24)11-22-7-3-1-2-4-8-22/h5-6,9,16-17,24H,1-4,7-8,10-14H2/t16-,17-/m1/s1. The smallest absolute Gasteiger partial charge is 0.124 e. The van der Waals surface area contributed by atoms with Gasteiger partial charge in [0.05, 0.1) is 0 Å². The van der Waals surface area contributed by atoms with E-state index in [9.17, 15) is 9.50 Å². The topological polar surface area (TPSA) is 26.7 Å². The zero-order valence-corrected chi connectivity index (χ0v) is 15.0. The lowest BCUT2D eigenvalue weighted by atomic mass is 9.96. The highest BCUT2D eigenvalue weighted by Gasteiger charge is 2.33. The molecule has 0 unspecified atom stereocenters. The van der Waals surface area contributed by atoms with E-state index in [1.165, 1.54) is 50.9 Å². The first-order valence-electron chi connectivity index (χ1n) is 9.15. The summed E-state index contributed by atoms with van der Waals surface area (Å²) in [6.45, 7) is 6.31. The fraction of sp³-hybridized carbons (Fsp3) is 0.684. The highest BCUT2D eigenvalue weighted by molar-refractivity contribution is 6.31. The lowest BCUT2D eigenvalue weighted by Gasteiger charge is -2.26. The number of hydrogen-bond donors (Lipinski definition) is 1. The highest BCUT2D eigenvalue weighted by atomic mass is 35.5. The van der Waals surface area contributed by atoms with Crippen LogP contribution in [0.4, 0.5) is 4.39 Å². The van der Waals surface area contributed by atoms with Crippen LogP contribution in [0.2, 0.25) is 5.02 Å². The quantitative estimate of drug-likeness (QED) is 0.878. The van der Waals surface area contributed by atoms with Crippen LogP contribution in [0.25, 0.3) is 0 Å². The van der Waals surface area contributed by atoms with Crippen molar-refractivity contribution in [1.82, 2.24) is 9.80 Å². The molecule has 3 rings (SSSR count). The minimum absolute atomic E-state index is 0.242. The normalized spacial score (nSPS) is 26.6. The lowest BCUT2D eigenvalue weighted by molar-refractivity contribution is 0.165. The number of halogens is 2. The van der Waals surface area contributed by atoms with Gasteiger partial charge in [0.1, 0.15) is 5.82 Å². The molecule has 2 aliphatic rings. The summed E-state index contributed by atoms with van der Waals surface area (Å²) in [5.41, 5.74) is 0.963. The number of nitrogens with zero attached hydrogens (tertiary/aromatic N) is 2. The van der Waals surface area contributed by atoms with E-state index >= 15 is 0 Å². The molecule has 2 aliphatic heterocycles. The average Bonchev–Trinajstić information content (AvgIpc) is 2.76. The van der Waals surface area contributed by atoms with E-state index in [4.69, 9.17) is 11.6 Å². The van der Waals surface area contributed by atoms with E-state index in [1.54, 1.807) is 6.07 Å². The maximum atomic E-state index is 13.2. The van der Waals surface area contributed by atoms with E-state index in [0.29, 0.717) is 16.9 Å². The van der Waals surface area contributed by atoms with Gasteiger partial charge >= 0.3 is 0 Å². The second kappa shape index (κ2) is 8.61. The third-order valence-corrected chi connectivity index (χ3v) is 5.84. The Labute approximate surface area is 149 Å². The van der Waals surface area contributed by atoms with E-state index in [1.807, 2.05) is 0 Å². The van der Waals surface area contributed by atoms with E-state index in [-0.39, 0.29) is 12.4 Å². The fourth-order valence-electron chi connectivity index (χ4n) is 4.12. The molecule has 2 heterocycles. The predicted molar refractivity (Wildman–Crippen MR) is 95.7 cm³/mol. The summed E-state index contributed by atoms with van der Waals surface area (Å²) < 4.78 is 13.2. The van der Waals surface area contributed by atoms with Crippen molar-refractivity contribution in [3.05, 3.63) is 34.6 Å². The van der Waals surface area contributed by atoms with Crippen LogP contribution >= 0.6 is 11.6 Å². The van der Waals surface area contributed by atoms with Gasteiger partial charge in [-0.15, -0.1) is 0 Å². The van der Waals surface area contributed by atoms with Crippen molar-refractivity contribution in [2.45, 2.75) is 32.2 Å². The van der Waals surface area contributed by atoms with Gasteiger partial charge in [0.2, 0.25) is 0 Å². The summed E-state index contributed by atoms with van der Waals surface area (Å²) in [7, 11) is 0. The molecule has 0 amide bonds. The van der Waals surface area contributed by atoms with Crippen molar-refractivity contribution in [1.29, 1.82) is 0 Å². The van der Waals surface area contributed by atoms with Crippen LogP contribution in [0.1, 0.15) is 31.2 Å². The summed E-state index contributed by atoms with van der Waals surface area (Å²) in [5.74, 6) is 0.539. The summed E-state index contributed by atoms with van der Waals surface area (Å²) in [4.78, 5) is 4.93. The molecule has 24 heavy (non-hydrogen) atoms. The van der Waals surface area contributed by atoms with Crippen LogP contribution in [-0.4, -0.2) is 54.2 Å². The molecule has 0 spiro atoms. The first kappa shape index (κ1) is 18.1. The maximum absolute atomic E-state index is 13.2. The van der Waals surface area contributed by atoms with E-state index in [0.717, 1.165) is 31.7 Å². The Morgan fingerprint density at radius 3 is 2.42 bits per heavy atom. The van der Waals surface area contributed by atoms with E-state index < -0.39 is 0 Å². The molecule has 0 saturated carbocycles. The van der Waals surface area contributed by atoms with E-state index in [2.05, 4.69) is 9.80 Å². The Bertz CT molecular complexity index is 534. The number of aliphatic hydroxyl groups is 1. The number of rotatable bonds is 5. The van der Waals surface area contributed by atoms with Crippen LogP contribution < -0.4 is 0 Å². The molecule has 2 atom stereocenters. The second-order valence-electron chi connectivity index (χ2n) is 7.35. The minimum atomic E-state index is -0.294. The summed E-state index contributed by atoms with van der Waals surface area (Å²) in [6, 6.07) is 4.62. The average molecular weight is 355 g/mol. The van der Waals surface area contributed by atoms with Gasteiger partial charge in [0.15, 0.2) is 0 Å². The number of benzene rings is 1. The third-order valence-electron chi connectivity index (χ3n) is 5.49. The summed E-state index contributed by atoms with van der Waals surface area (Å²) in [5, 5.41) is 10.3. The van der Waals surface area contributed by atoms with Crippen LogP contribution in [0, 0.1) is 17.7 Å². The molecular formula is C19H28ClFN2O. The molecule has 2 fully saturated rings. The lowest BCUT2D eigenvalue weighted by Crippen LogP contribution is -2.34. The largest absolute Gasteiger partial charge is 0.396 e. The van der Waals surface area contributed by atoms with Crippen LogP contribution in [0.3, 0.4) is 0 Å². The predicted octanol–water partition coefficient (Wildman–Crippen LogP) is 3.40. The van der Waals surface area contributed by atoms with Gasteiger partial charge in [-0.05, 0) is 55.5 Å². The molecule has 0 radical (unpaired) electrons. The van der Waals surface area contributed by atoms with Crippen molar-refractivity contribution < 1.29 is 9.50 Å². The Morgan fingerprint density at radius 1 is 1.04 bits per heavy atom. The molecule has 134 valence electrons. The van der Waals surface area contributed by atoms with Gasteiger partial charge in [0, 0.05) is 37.8 Å². The van der Waals surface area contributed by atoms with Gasteiger partial charge < -0.3 is 10.0 Å². The van der Waals surface area contributed by atoms with Gasteiger partial charge in [0.25, 0.3) is 0 Å². The SMILES string of the molecule is OC[C@H]1CN(Cc2ccc(F)cc2Cl)C[C@H]1CN1CCCCCC1. The number of likely N-dealkylation sites (tertiary alicyclic amines) is 2. The molecule has 3 nitrogen and oxygen atoms in total. The molecule has 2 saturated heterocycles. The van der Waals surface area contributed by atoms with Crippen LogP contribution in [-0.2, 0) is 6.54 Å². The maximum Gasteiger partial charge on any atom is 0.124 e. The zero-order valence-electron chi connectivity index (χ0n) is 14.3. The zero-order chi connectivity index (χ0) is 16.9. The molecule has 1 aromatic rings. The molecule has 0 aliphatic carbocycles. The molecule has 0 aromatic heterocycles. The monoisotopic (exact) mass is 354 g/mol. The van der Waals surface area contributed by atoms with Crippen molar-refractivity contribution >= 4 is 11.6 Å². The number of hydrogen-bond acceptors (Lipinski definition) is 3. The van der Waals surface area contributed by atoms with Gasteiger partial charge in [-0.2, -0.15) is 0 Å². The molecule has 5 heteroatoms. The van der Waals surface area contributed by atoms with Crippen LogP contribution in [0.15, 0.2) is 18.2 Å². The Morgan fingerprint density at radius 2 is 1.75 bits per heavy atom. The summed E-state index contributed by atoms with van der Waals surface area (Å²) >= 11 is 6.16. The van der Waals surface area contributed by atoms with Gasteiger partial charge in [-0.1, -0.05) is 30.5 Å². The Hall–Kier alpha value is -0.680. The van der Waals surface area contributed by atoms with Crippen molar-refractivity contribution in [2.24, 2.45) is 11.8 Å². The van der Waals surface area contributed by atoms with Crippen LogP contribution in [0.5, 0.6) is 0 Å². The molecule has 1 aromatic carbocycles. The first-order valence-corrected chi connectivity index (χ1v) is 9.53. The van der Waals surface area contributed by atoms with Gasteiger partial charge in [-0.3, -0.25) is 4.90 Å². The fourth-order valence-corrected chi connectivity index (χ4v) is 4.35. The molecule has 1 N–H and O–H groups in total. The van der Waals surface area contributed by atoms with Crippen molar-refractivity contribution in [2.75, 3.05) is 39.3 Å². The second-order valence-corrected chi connectivity index (χ2v) is 7.75. The highest BCUT2D eigenvalue weighted by Crippen LogP contribution is 2.28. The van der Waals surface area contributed by atoms with Crippen molar-refractivity contribution in [3.63, 3.8) is 0 Å². The Kier molecular flexibility index (Phi) is 6.50. The summed E-state index contributed by atoms with van der Waals surface area (Å²) in [6.07, 6.45) is 5.29. The third kappa shape index (κ3) is 4.69. The molecular weight excluding hydrogens is 327 g/mol. The van der Waals surface area contributed by atoms with Crippen molar-refractivity contribution in [3.8, 4) is 0 Å². The van der Waals surface area contributed by atoms with Gasteiger partial charge in [-0.25, -0.2) is 4.39 Å².